The molecule has 2 heteroatoms. The first kappa shape index (κ1) is 13.0. The maximum absolute atomic E-state index is 13.6. The van der Waals surface area contributed by atoms with Crippen molar-refractivity contribution in [2.24, 2.45) is 16.7 Å². The Balaban J connectivity index is 1.84. The maximum Gasteiger partial charge on any atom is 0.128 e. The third-order valence-corrected chi connectivity index (χ3v) is 6.31. The van der Waals surface area contributed by atoms with Crippen LogP contribution in [-0.2, 0) is 0 Å². The number of aryl methyl sites for hydroxylation is 1. The monoisotopic (exact) mass is 261 g/mol. The number of hydrogen-bond acceptors (Lipinski definition) is 1. The van der Waals surface area contributed by atoms with Gasteiger partial charge in [0, 0.05) is 11.7 Å². The van der Waals surface area contributed by atoms with Crippen molar-refractivity contribution in [3.05, 3.63) is 29.6 Å². The lowest BCUT2D eigenvalue weighted by Crippen LogP contribution is -2.40. The number of halogens is 1. The molecule has 2 bridgehead atoms. The standard InChI is InChI=1S/C17H24FN/c1-11-5-6-13(10-14(11)18)19-15-9-12-7-8-17(15,4)16(12,2)3/h5-6,10,12,15,19H,7-9H2,1-4H3. The Bertz CT molecular complexity index is 508. The molecule has 0 heterocycles. The van der Waals surface area contributed by atoms with E-state index in [4.69, 9.17) is 0 Å². The molecule has 2 aliphatic carbocycles. The van der Waals surface area contributed by atoms with Gasteiger partial charge in [0.05, 0.1) is 0 Å². The van der Waals surface area contributed by atoms with Gasteiger partial charge in [-0.3, -0.25) is 0 Å². The average Bonchev–Trinajstić information content (AvgIpc) is 2.67. The molecule has 3 unspecified atom stereocenters. The third kappa shape index (κ3) is 1.72. The van der Waals surface area contributed by atoms with E-state index in [-0.39, 0.29) is 5.82 Å². The van der Waals surface area contributed by atoms with Crippen molar-refractivity contribution in [3.8, 4) is 0 Å². The highest BCUT2D eigenvalue weighted by Gasteiger charge is 2.61. The Morgan fingerprint density at radius 1 is 1.26 bits per heavy atom. The molecular formula is C17H24FN. The molecule has 0 amide bonds. The summed E-state index contributed by atoms with van der Waals surface area (Å²) in [6.45, 7) is 9.02. The van der Waals surface area contributed by atoms with Crippen LogP contribution in [0.15, 0.2) is 18.2 Å². The lowest BCUT2D eigenvalue weighted by Gasteiger charge is -2.40. The van der Waals surface area contributed by atoms with Crippen LogP contribution in [0.1, 0.15) is 45.6 Å². The molecule has 2 fully saturated rings. The smallest absolute Gasteiger partial charge is 0.128 e. The molecular weight excluding hydrogens is 237 g/mol. The van der Waals surface area contributed by atoms with Gasteiger partial charge in [-0.15, -0.1) is 0 Å². The molecule has 1 aromatic carbocycles. The molecule has 1 nitrogen and oxygen atoms in total. The Kier molecular flexibility index (Phi) is 2.71. The van der Waals surface area contributed by atoms with Crippen molar-refractivity contribution >= 4 is 5.69 Å². The number of hydrogen-bond donors (Lipinski definition) is 1. The van der Waals surface area contributed by atoms with E-state index in [0.717, 1.165) is 11.6 Å². The second kappa shape index (κ2) is 3.97. The summed E-state index contributed by atoms with van der Waals surface area (Å²) in [4.78, 5) is 0. The van der Waals surface area contributed by atoms with Gasteiger partial charge in [-0.1, -0.05) is 26.8 Å². The van der Waals surface area contributed by atoms with Gasteiger partial charge in [-0.25, -0.2) is 4.39 Å². The van der Waals surface area contributed by atoms with Crippen molar-refractivity contribution in [3.63, 3.8) is 0 Å². The number of nitrogens with one attached hydrogen (secondary N) is 1. The van der Waals surface area contributed by atoms with Crippen molar-refractivity contribution in [1.82, 2.24) is 0 Å². The van der Waals surface area contributed by atoms with E-state index >= 15 is 0 Å². The van der Waals surface area contributed by atoms with E-state index < -0.39 is 0 Å². The molecule has 0 aliphatic heterocycles. The zero-order valence-electron chi connectivity index (χ0n) is 12.4. The van der Waals surface area contributed by atoms with E-state index in [1.165, 1.54) is 19.3 Å². The fourth-order valence-electron chi connectivity index (χ4n) is 4.31. The van der Waals surface area contributed by atoms with Gasteiger partial charge >= 0.3 is 0 Å². The van der Waals surface area contributed by atoms with Crippen LogP contribution in [0.5, 0.6) is 0 Å². The predicted octanol–water partition coefficient (Wildman–Crippen LogP) is 4.76. The van der Waals surface area contributed by atoms with Crippen molar-refractivity contribution in [2.45, 2.75) is 53.0 Å². The molecule has 2 saturated carbocycles. The molecule has 1 N–H and O–H groups in total. The Hall–Kier alpha value is -1.05. The summed E-state index contributed by atoms with van der Waals surface area (Å²) in [6.07, 6.45) is 3.86. The third-order valence-electron chi connectivity index (χ3n) is 6.31. The van der Waals surface area contributed by atoms with Gasteiger partial charge in [0.1, 0.15) is 5.82 Å². The van der Waals surface area contributed by atoms with Crippen molar-refractivity contribution in [2.75, 3.05) is 5.32 Å². The predicted molar refractivity (Wildman–Crippen MR) is 77.8 cm³/mol. The lowest BCUT2D eigenvalue weighted by atomic mass is 9.69. The van der Waals surface area contributed by atoms with Gasteiger partial charge in [0.15, 0.2) is 0 Å². The molecule has 0 spiro atoms. The zero-order chi connectivity index (χ0) is 13.8. The summed E-state index contributed by atoms with van der Waals surface area (Å²) in [5.74, 6) is 0.697. The average molecular weight is 261 g/mol. The summed E-state index contributed by atoms with van der Waals surface area (Å²) in [5, 5.41) is 3.60. The quantitative estimate of drug-likeness (QED) is 0.809. The number of fused-ring (bicyclic) bond motifs is 2. The summed E-state index contributed by atoms with van der Waals surface area (Å²) in [6, 6.07) is 5.97. The van der Waals surface area contributed by atoms with Crippen LogP contribution in [0.3, 0.4) is 0 Å². The fraction of sp³-hybridized carbons (Fsp3) is 0.647. The molecule has 104 valence electrons. The molecule has 3 rings (SSSR count). The molecule has 1 aromatic rings. The Labute approximate surface area is 115 Å². The fourth-order valence-corrected chi connectivity index (χ4v) is 4.31. The first-order valence-electron chi connectivity index (χ1n) is 7.37. The SMILES string of the molecule is Cc1ccc(NC2CC3CCC2(C)C3(C)C)cc1F. The number of benzene rings is 1. The Morgan fingerprint density at radius 3 is 2.53 bits per heavy atom. The Morgan fingerprint density at radius 2 is 2.00 bits per heavy atom. The number of anilines is 1. The first-order valence-corrected chi connectivity index (χ1v) is 7.37. The van der Waals surface area contributed by atoms with Crippen LogP contribution >= 0.6 is 0 Å². The first-order chi connectivity index (χ1) is 8.84. The molecule has 2 aliphatic rings. The summed E-state index contributed by atoms with van der Waals surface area (Å²) in [5.41, 5.74) is 2.37. The van der Waals surface area contributed by atoms with Crippen molar-refractivity contribution in [1.29, 1.82) is 0 Å². The highest BCUT2D eigenvalue weighted by atomic mass is 19.1. The van der Waals surface area contributed by atoms with Crippen LogP contribution in [0, 0.1) is 29.5 Å². The van der Waals surface area contributed by atoms with Gasteiger partial charge in [0.25, 0.3) is 0 Å². The van der Waals surface area contributed by atoms with Gasteiger partial charge in [-0.05, 0) is 60.6 Å². The minimum absolute atomic E-state index is 0.113. The van der Waals surface area contributed by atoms with Crippen LogP contribution in [0.2, 0.25) is 0 Å². The van der Waals surface area contributed by atoms with Gasteiger partial charge in [-0.2, -0.15) is 0 Å². The van der Waals surface area contributed by atoms with E-state index in [1.54, 1.807) is 13.0 Å². The van der Waals surface area contributed by atoms with Gasteiger partial charge in [0.2, 0.25) is 0 Å². The summed E-state index contributed by atoms with van der Waals surface area (Å²) < 4.78 is 13.6. The van der Waals surface area contributed by atoms with Gasteiger partial charge < -0.3 is 5.32 Å². The molecule has 0 radical (unpaired) electrons. The van der Waals surface area contributed by atoms with Crippen LogP contribution in [0.25, 0.3) is 0 Å². The van der Waals surface area contributed by atoms with E-state index in [0.29, 0.717) is 22.4 Å². The second-order valence-corrected chi connectivity index (χ2v) is 7.27. The summed E-state index contributed by atoms with van der Waals surface area (Å²) in [7, 11) is 0. The zero-order valence-corrected chi connectivity index (χ0v) is 12.4. The minimum Gasteiger partial charge on any atom is -0.382 e. The summed E-state index contributed by atoms with van der Waals surface area (Å²) >= 11 is 0. The molecule has 3 atom stereocenters. The van der Waals surface area contributed by atoms with Crippen LogP contribution in [0.4, 0.5) is 10.1 Å². The highest BCUT2D eigenvalue weighted by molar-refractivity contribution is 5.47. The largest absolute Gasteiger partial charge is 0.382 e. The molecule has 0 aromatic heterocycles. The number of rotatable bonds is 2. The maximum atomic E-state index is 13.6. The van der Waals surface area contributed by atoms with Crippen LogP contribution in [-0.4, -0.2) is 6.04 Å². The minimum atomic E-state index is -0.113. The van der Waals surface area contributed by atoms with E-state index in [2.05, 4.69) is 26.1 Å². The molecule has 19 heavy (non-hydrogen) atoms. The normalized spacial score (nSPS) is 35.6. The topological polar surface area (TPSA) is 12.0 Å². The highest BCUT2D eigenvalue weighted by Crippen LogP contribution is 2.65. The van der Waals surface area contributed by atoms with E-state index in [9.17, 15) is 4.39 Å². The van der Waals surface area contributed by atoms with Crippen LogP contribution < -0.4 is 5.32 Å². The second-order valence-electron chi connectivity index (χ2n) is 7.27. The molecule has 0 saturated heterocycles. The van der Waals surface area contributed by atoms with Crippen molar-refractivity contribution < 1.29 is 4.39 Å². The lowest BCUT2D eigenvalue weighted by molar-refractivity contribution is 0.142. The van der Waals surface area contributed by atoms with E-state index in [1.807, 2.05) is 12.1 Å².